The van der Waals surface area contributed by atoms with Crippen molar-refractivity contribution in [1.29, 1.82) is 5.26 Å². The van der Waals surface area contributed by atoms with Gasteiger partial charge in [0.2, 0.25) is 0 Å². The van der Waals surface area contributed by atoms with E-state index in [2.05, 4.69) is 95.6 Å². The second-order valence-electron chi connectivity index (χ2n) is 21.4. The Balaban J connectivity index is 1.17. The van der Waals surface area contributed by atoms with Crippen LogP contribution in [0.2, 0.25) is 0 Å². The Morgan fingerprint density at radius 2 is 0.634 bits per heavy atom. The number of alkyl halides is 6. The molecule has 398 valence electrons. The van der Waals surface area contributed by atoms with Crippen LogP contribution in [0.1, 0.15) is 38.9 Å². The van der Waals surface area contributed by atoms with E-state index in [9.17, 15) is 5.26 Å². The minimum absolute atomic E-state index is 0.0602. The zero-order valence-corrected chi connectivity index (χ0v) is 45.0. The average molecular weight is 1080 g/mol. The van der Waals surface area contributed by atoms with Gasteiger partial charge in [0.25, 0.3) is 0 Å². The highest BCUT2D eigenvalue weighted by Crippen LogP contribution is 2.49. The minimum Gasteiger partial charge on any atom is -0.309 e. The summed E-state index contributed by atoms with van der Waals surface area (Å²) in [6.45, 7) is 8.17. The van der Waals surface area contributed by atoms with Crippen LogP contribution < -0.4 is 0 Å². The van der Waals surface area contributed by atoms with Gasteiger partial charge in [-0.1, -0.05) is 162 Å². The van der Waals surface area contributed by atoms with Crippen molar-refractivity contribution in [2.45, 2.75) is 40.0 Å². The maximum atomic E-state index is 15.0. The topological polar surface area (TPSA) is 33.6 Å². The van der Waals surface area contributed by atoms with Crippen molar-refractivity contribution < 1.29 is 26.3 Å². The van der Waals surface area contributed by atoms with Crippen molar-refractivity contribution in [2.24, 2.45) is 0 Å². The third-order valence-corrected chi connectivity index (χ3v) is 15.8. The van der Waals surface area contributed by atoms with Crippen LogP contribution in [0.3, 0.4) is 0 Å². The van der Waals surface area contributed by atoms with E-state index in [-0.39, 0.29) is 28.3 Å². The molecule has 0 aliphatic rings. The number of hydrogen-bond acceptors (Lipinski definition) is 1. The molecule has 3 nitrogen and oxygen atoms in total. The van der Waals surface area contributed by atoms with Crippen molar-refractivity contribution in [2.75, 3.05) is 0 Å². The zero-order valence-electron chi connectivity index (χ0n) is 45.0. The van der Waals surface area contributed by atoms with Crippen LogP contribution in [0.25, 0.3) is 122 Å². The summed E-state index contributed by atoms with van der Waals surface area (Å²) in [4.78, 5) is 0. The smallest absolute Gasteiger partial charge is 0.309 e. The van der Waals surface area contributed by atoms with Gasteiger partial charge in [0.15, 0.2) is 0 Å². The lowest BCUT2D eigenvalue weighted by Gasteiger charge is -2.23. The lowest BCUT2D eigenvalue weighted by molar-refractivity contribution is -0.143. The molecule has 0 saturated heterocycles. The molecule has 0 atom stereocenters. The molecule has 0 fully saturated rings. The Hall–Kier alpha value is -9.91. The highest BCUT2D eigenvalue weighted by atomic mass is 19.4. The maximum Gasteiger partial charge on any atom is 0.416 e. The van der Waals surface area contributed by atoms with E-state index in [1.54, 1.807) is 24.3 Å². The quantitative estimate of drug-likeness (QED) is 0.140. The molecule has 0 amide bonds. The number of halogens is 6. The van der Waals surface area contributed by atoms with Gasteiger partial charge in [0.05, 0.1) is 56.2 Å². The Kier molecular flexibility index (Phi) is 12.4. The van der Waals surface area contributed by atoms with E-state index in [0.29, 0.717) is 16.9 Å². The first-order valence-electron chi connectivity index (χ1n) is 26.9. The summed E-state index contributed by atoms with van der Waals surface area (Å²) in [6, 6.07) is 72.4. The Bertz CT molecular complexity index is 4560. The first kappa shape index (κ1) is 51.5. The molecule has 0 saturated carbocycles. The number of rotatable bonds is 8. The van der Waals surface area contributed by atoms with Crippen LogP contribution >= 0.6 is 0 Å². The summed E-state index contributed by atoms with van der Waals surface area (Å²) >= 11 is 0. The largest absolute Gasteiger partial charge is 0.416 e. The molecule has 82 heavy (non-hydrogen) atoms. The molecule has 0 unspecified atom stereocenters. The van der Waals surface area contributed by atoms with Crippen molar-refractivity contribution in [1.82, 2.24) is 9.13 Å². The summed E-state index contributed by atoms with van der Waals surface area (Å²) in [5, 5.41) is 15.0. The van der Waals surface area contributed by atoms with Gasteiger partial charge in [-0.15, -0.1) is 0 Å². The summed E-state index contributed by atoms with van der Waals surface area (Å²) in [5.41, 5.74) is 13.7. The Labute approximate surface area is 469 Å². The van der Waals surface area contributed by atoms with Gasteiger partial charge in [-0.2, -0.15) is 31.6 Å². The van der Waals surface area contributed by atoms with Gasteiger partial charge >= 0.3 is 12.4 Å². The van der Waals surface area contributed by atoms with Gasteiger partial charge in [-0.05, 0) is 168 Å². The molecule has 11 aromatic carbocycles. The summed E-state index contributed by atoms with van der Waals surface area (Å²) < 4.78 is 94.4. The third-order valence-electron chi connectivity index (χ3n) is 15.8. The average Bonchev–Trinajstić information content (AvgIpc) is 1.97. The molecule has 0 bridgehead atoms. The lowest BCUT2D eigenvalue weighted by Crippen LogP contribution is -2.11. The van der Waals surface area contributed by atoms with Crippen LogP contribution in [-0.2, 0) is 12.4 Å². The van der Waals surface area contributed by atoms with E-state index >= 15 is 26.3 Å². The van der Waals surface area contributed by atoms with E-state index in [0.717, 1.165) is 123 Å². The van der Waals surface area contributed by atoms with Crippen molar-refractivity contribution in [3.05, 3.63) is 263 Å². The van der Waals surface area contributed by atoms with Gasteiger partial charge in [0.1, 0.15) is 0 Å². The van der Waals surface area contributed by atoms with E-state index < -0.39 is 23.5 Å². The first-order valence-corrected chi connectivity index (χ1v) is 26.9. The lowest BCUT2D eigenvalue weighted by atomic mass is 9.87. The molecule has 0 N–H and O–H groups in total. The minimum atomic E-state index is -5.14. The molecule has 2 aromatic heterocycles. The Morgan fingerprint density at radius 1 is 0.317 bits per heavy atom. The molecule has 13 rings (SSSR count). The van der Waals surface area contributed by atoms with Crippen LogP contribution in [-0.4, -0.2) is 9.13 Å². The highest BCUT2D eigenvalue weighted by molar-refractivity contribution is 6.15. The number of aromatic nitrogens is 2. The van der Waals surface area contributed by atoms with Gasteiger partial charge in [-0.3, -0.25) is 0 Å². The molecular weight excluding hydrogens is 1030 g/mol. The number of aryl methyl sites for hydroxylation is 4. The number of nitrogens with zero attached hydrogens (tertiary/aromatic N) is 3. The number of nitriles is 1. The molecular formula is C73H49F6N3. The number of benzene rings is 11. The van der Waals surface area contributed by atoms with E-state index in [1.807, 2.05) is 129 Å². The highest BCUT2D eigenvalue weighted by Gasteiger charge is 2.38. The summed E-state index contributed by atoms with van der Waals surface area (Å²) in [7, 11) is 0. The van der Waals surface area contributed by atoms with E-state index in [1.165, 1.54) is 0 Å². The molecule has 0 spiro atoms. The van der Waals surface area contributed by atoms with Gasteiger partial charge < -0.3 is 9.13 Å². The second kappa shape index (κ2) is 19.7. The van der Waals surface area contributed by atoms with Crippen molar-refractivity contribution >= 4 is 43.6 Å². The van der Waals surface area contributed by atoms with E-state index in [4.69, 9.17) is 0 Å². The molecule has 9 heteroatoms. The maximum absolute atomic E-state index is 15.0. The third kappa shape index (κ3) is 9.07. The van der Waals surface area contributed by atoms with Crippen LogP contribution in [0.15, 0.2) is 224 Å². The normalized spacial score (nSPS) is 12.0. The molecule has 13 aromatic rings. The predicted octanol–water partition coefficient (Wildman–Crippen LogP) is 21.0. The predicted molar refractivity (Wildman–Crippen MR) is 321 cm³/mol. The van der Waals surface area contributed by atoms with Crippen molar-refractivity contribution in [3.63, 3.8) is 0 Å². The standard InChI is InChI=1S/C73H49F6N3/c1-43-11-5-15-47(31-43)51-23-27-64-60(37-51)61-38-52(48-16-6-12-44(2)32-48)24-28-65(61)81(64)68-21-9-19-55(42-80)70(68)71-59(56-35-57(72(74,75)76)41-58(36-56)73(77,78)79)20-10-22-69(71)82-66-29-25-53(49-17-7-13-45(3)33-49)39-62(66)63-40-54(26-30-67(63)82)50-18-8-14-46(4)34-50/h5-41H,1-4H3. The van der Waals surface area contributed by atoms with Crippen LogP contribution in [0.4, 0.5) is 26.3 Å². The molecule has 0 radical (unpaired) electrons. The monoisotopic (exact) mass is 1080 g/mol. The van der Waals surface area contributed by atoms with Gasteiger partial charge in [0, 0.05) is 32.7 Å². The SMILES string of the molecule is Cc1cccc(-c2ccc3c(c2)c2cc(-c4cccc(C)c4)ccc2n3-c2cccc(C#N)c2-c2c(-c3cc(C(F)(F)F)cc(C(F)(F)F)c3)cccc2-n2c3ccc(-c4cccc(C)c4)cc3c3cc(-c4cccc(C)c4)ccc32)c1. The van der Waals surface area contributed by atoms with Crippen LogP contribution in [0, 0.1) is 39.0 Å². The molecule has 2 heterocycles. The molecule has 0 aliphatic carbocycles. The van der Waals surface area contributed by atoms with Crippen LogP contribution in [0.5, 0.6) is 0 Å². The molecule has 0 aliphatic heterocycles. The van der Waals surface area contributed by atoms with Crippen molar-refractivity contribution in [3.8, 4) is 84.2 Å². The zero-order chi connectivity index (χ0) is 56.8. The fourth-order valence-electron chi connectivity index (χ4n) is 12.0. The number of hydrogen-bond donors (Lipinski definition) is 0. The summed E-state index contributed by atoms with van der Waals surface area (Å²) in [5.74, 6) is 0. The second-order valence-corrected chi connectivity index (χ2v) is 21.4. The first-order chi connectivity index (χ1) is 39.5. The Morgan fingerprint density at radius 3 is 0.963 bits per heavy atom. The fourth-order valence-corrected chi connectivity index (χ4v) is 12.0. The van der Waals surface area contributed by atoms with Gasteiger partial charge in [-0.25, -0.2) is 0 Å². The number of fused-ring (bicyclic) bond motifs is 6. The fraction of sp³-hybridized carbons (Fsp3) is 0.0822. The summed E-state index contributed by atoms with van der Waals surface area (Å²) in [6.07, 6.45) is -10.3.